The average molecular weight is 424 g/mol. The SMILES string of the molecule is C[C@@H]1C(=O)O[C@@H]2[C@H](O)[C@]34[C@@H]5C[C@H](C(C)(C)C)[C@]36[C@H](OC(=O)[C@@H]6O)O[C@]4(C(=O)O5)[C@]12O. The van der Waals surface area contributed by atoms with Crippen molar-refractivity contribution in [3.8, 4) is 0 Å². The molecule has 10 heteroatoms. The number of fused-ring (bicyclic) bond motifs is 1. The van der Waals surface area contributed by atoms with Crippen molar-refractivity contribution >= 4 is 17.9 Å². The van der Waals surface area contributed by atoms with E-state index >= 15 is 0 Å². The van der Waals surface area contributed by atoms with Gasteiger partial charge >= 0.3 is 17.9 Å². The molecular formula is C20H24O10. The van der Waals surface area contributed by atoms with Crippen LogP contribution >= 0.6 is 0 Å². The Kier molecular flexibility index (Phi) is 2.97. The van der Waals surface area contributed by atoms with Crippen molar-refractivity contribution in [2.75, 3.05) is 0 Å². The van der Waals surface area contributed by atoms with Gasteiger partial charge in [-0.2, -0.15) is 0 Å². The third-order valence-corrected chi connectivity index (χ3v) is 9.00. The molecule has 6 rings (SSSR count). The van der Waals surface area contributed by atoms with Crippen molar-refractivity contribution in [2.45, 2.75) is 76.0 Å². The molecule has 4 saturated heterocycles. The van der Waals surface area contributed by atoms with E-state index in [4.69, 9.17) is 18.9 Å². The maximum atomic E-state index is 13.4. The van der Waals surface area contributed by atoms with E-state index in [0.29, 0.717) is 0 Å². The van der Waals surface area contributed by atoms with E-state index in [1.807, 2.05) is 20.8 Å². The highest BCUT2D eigenvalue weighted by atomic mass is 16.8. The van der Waals surface area contributed by atoms with E-state index in [0.717, 1.165) is 0 Å². The first-order valence-electron chi connectivity index (χ1n) is 10.2. The highest BCUT2D eigenvalue weighted by Crippen LogP contribution is 2.84. The molecule has 4 heterocycles. The zero-order valence-electron chi connectivity index (χ0n) is 16.9. The van der Waals surface area contributed by atoms with Crippen LogP contribution in [-0.2, 0) is 33.3 Å². The van der Waals surface area contributed by atoms with Crippen molar-refractivity contribution in [3.05, 3.63) is 0 Å². The topological polar surface area (TPSA) is 149 Å². The summed E-state index contributed by atoms with van der Waals surface area (Å²) >= 11 is 0. The van der Waals surface area contributed by atoms with E-state index in [1.165, 1.54) is 6.92 Å². The van der Waals surface area contributed by atoms with E-state index in [1.54, 1.807) is 0 Å². The smallest absolute Gasteiger partial charge is 0.343 e. The molecule has 2 saturated carbocycles. The van der Waals surface area contributed by atoms with E-state index < -0.39 is 87.9 Å². The summed E-state index contributed by atoms with van der Waals surface area (Å²) in [5.74, 6) is -4.32. The first kappa shape index (κ1) is 19.0. The Bertz CT molecular complexity index is 925. The average Bonchev–Trinajstić information content (AvgIpc) is 3.35. The Morgan fingerprint density at radius 2 is 1.70 bits per heavy atom. The van der Waals surface area contributed by atoms with Gasteiger partial charge in [0.15, 0.2) is 17.8 Å². The fraction of sp³-hybridized carbons (Fsp3) is 0.850. The molecule has 0 aromatic heterocycles. The fourth-order valence-corrected chi connectivity index (χ4v) is 8.12. The van der Waals surface area contributed by atoms with Crippen LogP contribution in [0.4, 0.5) is 0 Å². The molecule has 0 amide bonds. The van der Waals surface area contributed by atoms with Gasteiger partial charge in [-0.25, -0.2) is 9.59 Å². The lowest BCUT2D eigenvalue weighted by molar-refractivity contribution is -0.239. The number of aliphatic hydroxyl groups is 3. The van der Waals surface area contributed by atoms with Crippen molar-refractivity contribution in [1.82, 2.24) is 0 Å². The molecule has 0 aromatic carbocycles. The molecule has 0 radical (unpaired) electrons. The van der Waals surface area contributed by atoms with Crippen LogP contribution in [-0.4, -0.2) is 75.1 Å². The number of aliphatic hydroxyl groups excluding tert-OH is 2. The molecule has 6 fully saturated rings. The standard InChI is InChI=1S/C20H24O10/c1-6-12(23)28-11-9(21)18-8-5-7(16(2,3)4)17(18)10(22)13(24)29-15(17)30-20(18,14(25)27-8)19(6,11)26/h6-11,15,21-22,26H,5H2,1-4H3/t6-,7-,8+,9+,10+,11-,15-,17+,18-,19+,20+/m1/s1. The Morgan fingerprint density at radius 1 is 1.03 bits per heavy atom. The van der Waals surface area contributed by atoms with Gasteiger partial charge in [-0.15, -0.1) is 0 Å². The van der Waals surface area contributed by atoms with Crippen LogP contribution in [0.5, 0.6) is 0 Å². The molecule has 0 unspecified atom stereocenters. The first-order valence-corrected chi connectivity index (χ1v) is 10.2. The summed E-state index contributed by atoms with van der Waals surface area (Å²) in [7, 11) is 0. The van der Waals surface area contributed by atoms with Gasteiger partial charge in [-0.3, -0.25) is 4.79 Å². The molecule has 0 aromatic rings. The summed E-state index contributed by atoms with van der Waals surface area (Å²) in [5, 5.41) is 34.7. The number of hydrogen-bond donors (Lipinski definition) is 3. The van der Waals surface area contributed by atoms with Crippen molar-refractivity contribution in [3.63, 3.8) is 0 Å². The van der Waals surface area contributed by atoms with Crippen LogP contribution in [0.2, 0.25) is 0 Å². The molecule has 2 aliphatic carbocycles. The van der Waals surface area contributed by atoms with Crippen LogP contribution in [0.25, 0.3) is 0 Å². The highest BCUT2D eigenvalue weighted by molar-refractivity contribution is 5.94. The number of hydrogen-bond acceptors (Lipinski definition) is 10. The summed E-state index contributed by atoms with van der Waals surface area (Å²) in [4.78, 5) is 38.2. The molecule has 30 heavy (non-hydrogen) atoms. The van der Waals surface area contributed by atoms with Crippen LogP contribution in [0.1, 0.15) is 34.1 Å². The summed E-state index contributed by atoms with van der Waals surface area (Å²) in [6, 6.07) is 0. The maximum Gasteiger partial charge on any atom is 0.343 e. The van der Waals surface area contributed by atoms with Gasteiger partial charge in [-0.1, -0.05) is 20.8 Å². The number of esters is 3. The van der Waals surface area contributed by atoms with Gasteiger partial charge in [0.2, 0.25) is 11.9 Å². The molecule has 6 aliphatic rings. The molecule has 3 N–H and O–H groups in total. The van der Waals surface area contributed by atoms with Crippen molar-refractivity contribution < 1.29 is 48.7 Å². The number of carbonyl (C=O) groups excluding carboxylic acids is 3. The molecular weight excluding hydrogens is 400 g/mol. The lowest BCUT2D eigenvalue weighted by Gasteiger charge is -2.47. The first-order chi connectivity index (χ1) is 13.8. The second-order valence-corrected chi connectivity index (χ2v) is 10.7. The second kappa shape index (κ2) is 4.69. The monoisotopic (exact) mass is 424 g/mol. The van der Waals surface area contributed by atoms with Gasteiger partial charge < -0.3 is 34.3 Å². The molecule has 0 bridgehead atoms. The van der Waals surface area contributed by atoms with E-state index in [-0.39, 0.29) is 6.42 Å². The lowest BCUT2D eigenvalue weighted by atomic mass is 9.51. The molecule has 164 valence electrons. The Morgan fingerprint density at radius 3 is 2.33 bits per heavy atom. The van der Waals surface area contributed by atoms with Gasteiger partial charge in [-0.05, 0) is 24.7 Å². The maximum absolute atomic E-state index is 13.4. The third kappa shape index (κ3) is 1.33. The third-order valence-electron chi connectivity index (χ3n) is 9.00. The Balaban J connectivity index is 1.72. The fourth-order valence-electron chi connectivity index (χ4n) is 8.12. The molecule has 2 spiro atoms. The van der Waals surface area contributed by atoms with Crippen molar-refractivity contribution in [2.24, 2.45) is 28.1 Å². The van der Waals surface area contributed by atoms with Crippen LogP contribution < -0.4 is 0 Å². The molecule has 4 aliphatic heterocycles. The predicted octanol–water partition coefficient (Wildman–Crippen LogP) is -1.37. The van der Waals surface area contributed by atoms with Crippen LogP contribution in [0.15, 0.2) is 0 Å². The quantitative estimate of drug-likeness (QED) is 0.314. The molecule has 10 nitrogen and oxygen atoms in total. The summed E-state index contributed by atoms with van der Waals surface area (Å²) in [6.45, 7) is 7.14. The van der Waals surface area contributed by atoms with Gasteiger partial charge in [0, 0.05) is 0 Å². The largest absolute Gasteiger partial charge is 0.459 e. The zero-order valence-corrected chi connectivity index (χ0v) is 16.9. The Hall–Kier alpha value is -1.75. The molecule has 11 atom stereocenters. The normalized spacial score (nSPS) is 60.1. The predicted molar refractivity (Wildman–Crippen MR) is 92.0 cm³/mol. The van der Waals surface area contributed by atoms with Crippen LogP contribution in [0.3, 0.4) is 0 Å². The van der Waals surface area contributed by atoms with E-state index in [9.17, 15) is 29.7 Å². The minimum absolute atomic E-state index is 0.229. The van der Waals surface area contributed by atoms with Crippen molar-refractivity contribution in [1.29, 1.82) is 0 Å². The summed E-state index contributed by atoms with van der Waals surface area (Å²) in [5.41, 5.74) is -8.26. The number of rotatable bonds is 0. The number of carbonyl (C=O) groups is 3. The highest BCUT2D eigenvalue weighted by Gasteiger charge is 3.03. The number of ether oxygens (including phenoxy) is 4. The van der Waals surface area contributed by atoms with Gasteiger partial charge in [0.1, 0.15) is 12.2 Å². The Labute approximate surface area is 171 Å². The minimum Gasteiger partial charge on any atom is -0.459 e. The summed E-state index contributed by atoms with van der Waals surface area (Å²) in [6.07, 6.45) is -6.91. The minimum atomic E-state index is -2.24. The summed E-state index contributed by atoms with van der Waals surface area (Å²) < 4.78 is 22.5. The van der Waals surface area contributed by atoms with E-state index in [2.05, 4.69) is 0 Å². The lowest BCUT2D eigenvalue weighted by Crippen LogP contribution is -2.67. The zero-order chi connectivity index (χ0) is 21.8. The van der Waals surface area contributed by atoms with Gasteiger partial charge in [0.05, 0.1) is 16.7 Å². The van der Waals surface area contributed by atoms with Crippen LogP contribution in [0, 0.1) is 28.1 Å². The van der Waals surface area contributed by atoms with Gasteiger partial charge in [0.25, 0.3) is 0 Å². The second-order valence-electron chi connectivity index (χ2n) is 10.7.